The zero-order chi connectivity index (χ0) is 23.0. The van der Waals surface area contributed by atoms with Gasteiger partial charge in [0.05, 0.1) is 12.2 Å². The summed E-state index contributed by atoms with van der Waals surface area (Å²) in [5.41, 5.74) is -0.256. The number of hydrogen-bond donors (Lipinski definition) is 0. The first-order valence-electron chi connectivity index (χ1n) is 11.6. The van der Waals surface area contributed by atoms with Crippen molar-refractivity contribution in [3.63, 3.8) is 0 Å². The van der Waals surface area contributed by atoms with Gasteiger partial charge in [0.2, 0.25) is 5.91 Å². The van der Waals surface area contributed by atoms with Gasteiger partial charge in [-0.05, 0) is 62.3 Å². The van der Waals surface area contributed by atoms with Gasteiger partial charge in [-0.1, -0.05) is 11.6 Å². The molecular weight excluding hydrogens is 455 g/mol. The molecule has 6 nitrogen and oxygen atoms in total. The third-order valence-corrected chi connectivity index (χ3v) is 7.92. The lowest BCUT2D eigenvalue weighted by atomic mass is 9.95. The molecule has 1 aromatic carbocycles. The number of alkyl halides is 3. The molecule has 0 bridgehead atoms. The van der Waals surface area contributed by atoms with Gasteiger partial charge < -0.3 is 4.90 Å². The molecule has 0 atom stereocenters. The highest BCUT2D eigenvalue weighted by Crippen LogP contribution is 2.55. The number of halogens is 4. The SMILES string of the molecule is O=C(C1CC1)N1CCC(c2nnc3n2-c2ccc(Cl)cc2CN(C2(C(F)(F)F)CC2)C3)CC1. The lowest BCUT2D eigenvalue weighted by molar-refractivity contribution is -0.200. The number of hydrogen-bond acceptors (Lipinski definition) is 4. The van der Waals surface area contributed by atoms with E-state index < -0.39 is 11.7 Å². The second-order valence-electron chi connectivity index (χ2n) is 9.84. The van der Waals surface area contributed by atoms with Gasteiger partial charge in [0.15, 0.2) is 5.82 Å². The normalized spacial score (nSPS) is 23.1. The largest absolute Gasteiger partial charge is 0.406 e. The van der Waals surface area contributed by atoms with Crippen LogP contribution in [0.3, 0.4) is 0 Å². The van der Waals surface area contributed by atoms with Gasteiger partial charge >= 0.3 is 6.18 Å². The van der Waals surface area contributed by atoms with E-state index in [1.54, 1.807) is 12.1 Å². The summed E-state index contributed by atoms with van der Waals surface area (Å²) < 4.78 is 43.8. The van der Waals surface area contributed by atoms with Gasteiger partial charge in [-0.3, -0.25) is 14.3 Å². The van der Waals surface area contributed by atoms with Crippen LogP contribution in [0.1, 0.15) is 61.7 Å². The first-order chi connectivity index (χ1) is 15.8. The number of carbonyl (C=O) groups excluding carboxylic acids is 1. The fourth-order valence-corrected chi connectivity index (χ4v) is 5.63. The third-order valence-electron chi connectivity index (χ3n) is 7.69. The van der Waals surface area contributed by atoms with Gasteiger partial charge in [-0.2, -0.15) is 13.2 Å². The lowest BCUT2D eigenvalue weighted by Crippen LogP contribution is -2.47. The van der Waals surface area contributed by atoms with Gasteiger partial charge in [0.1, 0.15) is 11.4 Å². The molecule has 33 heavy (non-hydrogen) atoms. The predicted molar refractivity (Wildman–Crippen MR) is 115 cm³/mol. The fourth-order valence-electron chi connectivity index (χ4n) is 5.44. The van der Waals surface area contributed by atoms with E-state index in [0.717, 1.165) is 42.8 Å². The zero-order valence-electron chi connectivity index (χ0n) is 18.1. The number of carbonyl (C=O) groups is 1. The van der Waals surface area contributed by atoms with Crippen LogP contribution in [0.2, 0.25) is 5.02 Å². The Morgan fingerprint density at radius 1 is 1.06 bits per heavy atom. The molecule has 3 fully saturated rings. The molecule has 6 rings (SSSR count). The Balaban J connectivity index is 1.34. The third kappa shape index (κ3) is 3.55. The van der Waals surface area contributed by atoms with Crippen molar-refractivity contribution in [2.24, 2.45) is 5.92 Å². The van der Waals surface area contributed by atoms with Crippen molar-refractivity contribution in [2.75, 3.05) is 13.1 Å². The fraction of sp³-hybridized carbons (Fsp3) is 0.609. The number of likely N-dealkylation sites (tertiary alicyclic amines) is 1. The van der Waals surface area contributed by atoms with Crippen molar-refractivity contribution in [3.05, 3.63) is 40.4 Å². The second kappa shape index (κ2) is 7.43. The Kier molecular flexibility index (Phi) is 4.82. The Labute approximate surface area is 194 Å². The molecule has 1 amide bonds. The van der Waals surface area contributed by atoms with Crippen molar-refractivity contribution >= 4 is 17.5 Å². The Hall–Kier alpha value is -2.13. The maximum absolute atomic E-state index is 14.0. The number of nitrogens with zero attached hydrogens (tertiary/aromatic N) is 5. The summed E-state index contributed by atoms with van der Waals surface area (Å²) in [7, 11) is 0. The summed E-state index contributed by atoms with van der Waals surface area (Å²) >= 11 is 6.24. The standard InChI is InChI=1S/C23H25ClF3N5O/c24-17-3-4-18-16(11-17)12-31(22(7-8-22)23(25,26)27)13-19-28-29-20(32(18)19)14-5-9-30(10-6-14)21(33)15-1-2-15/h3-4,11,14-15H,1-2,5-10,12-13H2. The van der Waals surface area contributed by atoms with Crippen molar-refractivity contribution in [3.8, 4) is 5.69 Å². The number of benzene rings is 1. The average Bonchev–Trinajstić information content (AvgIpc) is 3.69. The molecule has 10 heteroatoms. The van der Waals surface area contributed by atoms with Gasteiger partial charge in [0, 0.05) is 36.5 Å². The minimum atomic E-state index is -4.30. The van der Waals surface area contributed by atoms with Crippen LogP contribution in [0.4, 0.5) is 13.2 Å². The highest BCUT2D eigenvalue weighted by atomic mass is 35.5. The summed E-state index contributed by atoms with van der Waals surface area (Å²) in [5.74, 6) is 1.86. The van der Waals surface area contributed by atoms with Gasteiger partial charge in [-0.25, -0.2) is 0 Å². The Morgan fingerprint density at radius 2 is 1.79 bits per heavy atom. The molecule has 0 radical (unpaired) electrons. The maximum Gasteiger partial charge on any atom is 0.406 e. The molecule has 2 aromatic rings. The second-order valence-corrected chi connectivity index (χ2v) is 10.3. The van der Waals surface area contributed by atoms with E-state index in [4.69, 9.17) is 11.6 Å². The average molecular weight is 480 g/mol. The van der Waals surface area contributed by atoms with E-state index in [1.165, 1.54) is 4.90 Å². The minimum Gasteiger partial charge on any atom is -0.342 e. The van der Waals surface area contributed by atoms with Crippen molar-refractivity contribution in [1.82, 2.24) is 24.6 Å². The molecule has 0 spiro atoms. The molecule has 2 aliphatic heterocycles. The van der Waals surface area contributed by atoms with Crippen LogP contribution >= 0.6 is 11.6 Å². The predicted octanol–water partition coefficient (Wildman–Crippen LogP) is 4.45. The van der Waals surface area contributed by atoms with Crippen molar-refractivity contribution < 1.29 is 18.0 Å². The smallest absolute Gasteiger partial charge is 0.342 e. The van der Waals surface area contributed by atoms with E-state index in [0.29, 0.717) is 23.9 Å². The summed E-state index contributed by atoms with van der Waals surface area (Å²) in [6, 6.07) is 5.37. The first kappa shape index (κ1) is 21.4. The number of rotatable bonds is 3. The van der Waals surface area contributed by atoms with Crippen LogP contribution in [-0.2, 0) is 17.9 Å². The topological polar surface area (TPSA) is 54.3 Å². The molecule has 4 aliphatic rings. The molecular formula is C23H25ClF3N5O. The van der Waals surface area contributed by atoms with E-state index in [-0.39, 0.29) is 43.7 Å². The van der Waals surface area contributed by atoms with E-state index in [9.17, 15) is 18.0 Å². The van der Waals surface area contributed by atoms with E-state index >= 15 is 0 Å². The molecule has 0 N–H and O–H groups in total. The van der Waals surface area contributed by atoms with Crippen LogP contribution in [0.5, 0.6) is 0 Å². The Morgan fingerprint density at radius 3 is 2.42 bits per heavy atom. The molecule has 1 saturated heterocycles. The van der Waals surface area contributed by atoms with Crippen LogP contribution < -0.4 is 0 Å². The minimum absolute atomic E-state index is 0.0812. The number of aromatic nitrogens is 3. The maximum atomic E-state index is 14.0. The first-order valence-corrected chi connectivity index (χ1v) is 12.0. The molecule has 0 unspecified atom stereocenters. The number of piperidine rings is 1. The molecule has 2 saturated carbocycles. The summed E-state index contributed by atoms with van der Waals surface area (Å²) in [6.07, 6.45) is -0.574. The van der Waals surface area contributed by atoms with Crippen molar-refractivity contribution in [1.29, 1.82) is 0 Å². The molecule has 2 aliphatic carbocycles. The highest BCUT2D eigenvalue weighted by Gasteiger charge is 2.66. The van der Waals surface area contributed by atoms with Crippen LogP contribution in [-0.4, -0.2) is 55.3 Å². The monoisotopic (exact) mass is 479 g/mol. The number of fused-ring (bicyclic) bond motifs is 3. The van der Waals surface area contributed by atoms with Crippen LogP contribution in [0.15, 0.2) is 18.2 Å². The zero-order valence-corrected chi connectivity index (χ0v) is 18.9. The van der Waals surface area contributed by atoms with Crippen molar-refractivity contribution in [2.45, 2.75) is 69.2 Å². The summed E-state index contributed by atoms with van der Waals surface area (Å²) in [6.45, 7) is 1.60. The summed E-state index contributed by atoms with van der Waals surface area (Å²) in [4.78, 5) is 15.9. The van der Waals surface area contributed by atoms with Gasteiger partial charge in [-0.15, -0.1) is 10.2 Å². The quantitative estimate of drug-likeness (QED) is 0.653. The molecule has 3 heterocycles. The van der Waals surface area contributed by atoms with Crippen LogP contribution in [0.25, 0.3) is 5.69 Å². The lowest BCUT2D eigenvalue weighted by Gasteiger charge is -2.32. The molecule has 176 valence electrons. The molecule has 1 aromatic heterocycles. The van der Waals surface area contributed by atoms with E-state index in [2.05, 4.69) is 10.2 Å². The van der Waals surface area contributed by atoms with Gasteiger partial charge in [0.25, 0.3) is 0 Å². The highest BCUT2D eigenvalue weighted by molar-refractivity contribution is 6.30. The van der Waals surface area contributed by atoms with E-state index in [1.807, 2.05) is 15.5 Å². The summed E-state index contributed by atoms with van der Waals surface area (Å²) in [5, 5.41) is 9.33. The Bertz CT molecular complexity index is 1100. The van der Waals surface area contributed by atoms with Crippen LogP contribution in [0, 0.1) is 5.92 Å². The number of amides is 1.